The molecule has 0 spiro atoms. The Labute approximate surface area is 88.5 Å². The van der Waals surface area contributed by atoms with E-state index in [0.717, 1.165) is 24.8 Å². The van der Waals surface area contributed by atoms with Crippen LogP contribution >= 0.6 is 0 Å². The standard InChI is InChI=1S/C12H25NO/c1-10(2)11(3)8-6-5-7-9-13-12(4)14/h10-11H,5-9H2,1-4H3,(H,13,14)/t11-/m0/s1. The van der Waals surface area contributed by atoms with Gasteiger partial charge in [-0.1, -0.05) is 40.0 Å². The highest BCUT2D eigenvalue weighted by molar-refractivity contribution is 5.72. The van der Waals surface area contributed by atoms with Gasteiger partial charge in [-0.2, -0.15) is 0 Å². The summed E-state index contributed by atoms with van der Waals surface area (Å²) in [6, 6.07) is 0. The zero-order valence-electron chi connectivity index (χ0n) is 10.1. The summed E-state index contributed by atoms with van der Waals surface area (Å²) in [4.78, 5) is 10.6. The molecule has 2 heteroatoms. The number of nitrogens with one attached hydrogen (secondary N) is 1. The zero-order valence-corrected chi connectivity index (χ0v) is 10.1. The fourth-order valence-corrected chi connectivity index (χ4v) is 1.37. The highest BCUT2D eigenvalue weighted by atomic mass is 16.1. The molecular formula is C12H25NO. The van der Waals surface area contributed by atoms with E-state index in [2.05, 4.69) is 26.1 Å². The van der Waals surface area contributed by atoms with Gasteiger partial charge in [-0.25, -0.2) is 0 Å². The molecule has 0 saturated heterocycles. The van der Waals surface area contributed by atoms with Gasteiger partial charge in [0.25, 0.3) is 0 Å². The summed E-state index contributed by atoms with van der Waals surface area (Å²) < 4.78 is 0. The van der Waals surface area contributed by atoms with Crippen LogP contribution in [0, 0.1) is 11.8 Å². The molecule has 2 nitrogen and oxygen atoms in total. The summed E-state index contributed by atoms with van der Waals surface area (Å²) in [6.45, 7) is 9.29. The minimum Gasteiger partial charge on any atom is -0.356 e. The first-order valence-corrected chi connectivity index (χ1v) is 5.78. The molecule has 0 aliphatic heterocycles. The van der Waals surface area contributed by atoms with Crippen LogP contribution in [0.15, 0.2) is 0 Å². The Morgan fingerprint density at radius 2 is 1.79 bits per heavy atom. The van der Waals surface area contributed by atoms with E-state index in [0.29, 0.717) is 0 Å². The molecule has 14 heavy (non-hydrogen) atoms. The first-order valence-electron chi connectivity index (χ1n) is 5.78. The summed E-state index contributed by atoms with van der Waals surface area (Å²) in [5.74, 6) is 1.71. The summed E-state index contributed by atoms with van der Waals surface area (Å²) >= 11 is 0. The van der Waals surface area contributed by atoms with Crippen LogP contribution in [0.25, 0.3) is 0 Å². The number of amides is 1. The van der Waals surface area contributed by atoms with Crippen LogP contribution in [0.1, 0.15) is 53.4 Å². The van der Waals surface area contributed by atoms with Gasteiger partial charge in [0.1, 0.15) is 0 Å². The fourth-order valence-electron chi connectivity index (χ4n) is 1.37. The van der Waals surface area contributed by atoms with E-state index < -0.39 is 0 Å². The van der Waals surface area contributed by atoms with Gasteiger partial charge in [0.2, 0.25) is 5.91 Å². The lowest BCUT2D eigenvalue weighted by Gasteiger charge is -2.14. The maximum Gasteiger partial charge on any atom is 0.216 e. The minimum atomic E-state index is 0.0838. The molecule has 0 bridgehead atoms. The highest BCUT2D eigenvalue weighted by Gasteiger charge is 2.05. The average Bonchev–Trinajstić information content (AvgIpc) is 2.09. The van der Waals surface area contributed by atoms with Crippen LogP contribution in [-0.2, 0) is 4.79 Å². The molecule has 1 amide bonds. The van der Waals surface area contributed by atoms with Crippen LogP contribution in [0.2, 0.25) is 0 Å². The monoisotopic (exact) mass is 199 g/mol. The first-order chi connectivity index (χ1) is 6.54. The number of carbonyl (C=O) groups excluding carboxylic acids is 1. The zero-order chi connectivity index (χ0) is 11.0. The maximum atomic E-state index is 10.6. The summed E-state index contributed by atoms with van der Waals surface area (Å²) in [6.07, 6.45) is 4.96. The molecule has 1 N–H and O–H groups in total. The third-order valence-electron chi connectivity index (χ3n) is 2.85. The van der Waals surface area contributed by atoms with Crippen LogP contribution in [0.4, 0.5) is 0 Å². The van der Waals surface area contributed by atoms with Gasteiger partial charge in [0, 0.05) is 13.5 Å². The number of rotatable bonds is 7. The van der Waals surface area contributed by atoms with Crippen molar-refractivity contribution in [1.82, 2.24) is 5.32 Å². The Kier molecular flexibility index (Phi) is 7.54. The number of carbonyl (C=O) groups is 1. The third kappa shape index (κ3) is 8.09. The van der Waals surface area contributed by atoms with Crippen molar-refractivity contribution < 1.29 is 4.79 Å². The van der Waals surface area contributed by atoms with E-state index in [1.54, 1.807) is 6.92 Å². The van der Waals surface area contributed by atoms with E-state index in [9.17, 15) is 4.79 Å². The second-order valence-corrected chi connectivity index (χ2v) is 4.55. The largest absolute Gasteiger partial charge is 0.356 e. The molecular weight excluding hydrogens is 174 g/mol. The van der Waals surface area contributed by atoms with Crippen molar-refractivity contribution in [2.24, 2.45) is 11.8 Å². The highest BCUT2D eigenvalue weighted by Crippen LogP contribution is 2.17. The maximum absolute atomic E-state index is 10.6. The van der Waals surface area contributed by atoms with Crippen LogP contribution in [-0.4, -0.2) is 12.5 Å². The molecule has 1 atom stereocenters. The molecule has 0 radical (unpaired) electrons. The van der Waals surface area contributed by atoms with Gasteiger partial charge < -0.3 is 5.32 Å². The molecule has 0 aromatic heterocycles. The second-order valence-electron chi connectivity index (χ2n) is 4.55. The molecule has 0 unspecified atom stereocenters. The van der Waals surface area contributed by atoms with Crippen LogP contribution in [0.5, 0.6) is 0 Å². The molecule has 0 fully saturated rings. The SMILES string of the molecule is CC(=O)NCCCCC[C@H](C)C(C)C. The summed E-state index contributed by atoms with van der Waals surface area (Å²) in [5, 5.41) is 2.82. The smallest absolute Gasteiger partial charge is 0.216 e. The predicted molar refractivity (Wildman–Crippen MR) is 61.2 cm³/mol. The van der Waals surface area contributed by atoms with Gasteiger partial charge in [-0.05, 0) is 18.3 Å². The molecule has 0 saturated carbocycles. The van der Waals surface area contributed by atoms with Gasteiger partial charge in [-0.15, -0.1) is 0 Å². The quantitative estimate of drug-likeness (QED) is 0.627. The summed E-state index contributed by atoms with van der Waals surface area (Å²) in [5.41, 5.74) is 0. The molecule has 0 rings (SSSR count). The Morgan fingerprint density at radius 1 is 1.14 bits per heavy atom. The van der Waals surface area contributed by atoms with E-state index in [1.807, 2.05) is 0 Å². The number of unbranched alkanes of at least 4 members (excludes halogenated alkanes) is 2. The Bertz CT molecular complexity index is 154. The lowest BCUT2D eigenvalue weighted by atomic mass is 9.92. The number of hydrogen-bond donors (Lipinski definition) is 1. The van der Waals surface area contributed by atoms with E-state index >= 15 is 0 Å². The van der Waals surface area contributed by atoms with Crippen molar-refractivity contribution in [3.8, 4) is 0 Å². The normalized spacial score (nSPS) is 12.9. The predicted octanol–water partition coefficient (Wildman–Crippen LogP) is 2.98. The minimum absolute atomic E-state index is 0.0838. The molecule has 0 aliphatic carbocycles. The fraction of sp³-hybridized carbons (Fsp3) is 0.917. The van der Waals surface area contributed by atoms with Gasteiger partial charge in [0.05, 0.1) is 0 Å². The van der Waals surface area contributed by atoms with Crippen molar-refractivity contribution in [2.75, 3.05) is 6.54 Å². The molecule has 0 aromatic carbocycles. The van der Waals surface area contributed by atoms with E-state index in [4.69, 9.17) is 0 Å². The molecule has 0 heterocycles. The molecule has 0 aromatic rings. The lowest BCUT2D eigenvalue weighted by Crippen LogP contribution is -2.20. The van der Waals surface area contributed by atoms with Crippen molar-refractivity contribution in [2.45, 2.75) is 53.4 Å². The van der Waals surface area contributed by atoms with Crippen molar-refractivity contribution in [3.63, 3.8) is 0 Å². The lowest BCUT2D eigenvalue weighted by molar-refractivity contribution is -0.118. The Hall–Kier alpha value is -0.530. The van der Waals surface area contributed by atoms with Crippen molar-refractivity contribution >= 4 is 5.91 Å². The van der Waals surface area contributed by atoms with Gasteiger partial charge in [0.15, 0.2) is 0 Å². The molecule has 84 valence electrons. The Morgan fingerprint density at radius 3 is 2.29 bits per heavy atom. The van der Waals surface area contributed by atoms with Crippen LogP contribution in [0.3, 0.4) is 0 Å². The van der Waals surface area contributed by atoms with Crippen LogP contribution < -0.4 is 5.32 Å². The van der Waals surface area contributed by atoms with Crippen molar-refractivity contribution in [3.05, 3.63) is 0 Å². The molecule has 0 aliphatic rings. The van der Waals surface area contributed by atoms with Gasteiger partial charge in [-0.3, -0.25) is 4.79 Å². The summed E-state index contributed by atoms with van der Waals surface area (Å²) in [7, 11) is 0. The first kappa shape index (κ1) is 13.5. The Balaban J connectivity index is 3.17. The second kappa shape index (κ2) is 7.84. The van der Waals surface area contributed by atoms with Gasteiger partial charge >= 0.3 is 0 Å². The average molecular weight is 199 g/mol. The van der Waals surface area contributed by atoms with E-state index in [-0.39, 0.29) is 5.91 Å². The van der Waals surface area contributed by atoms with Crippen molar-refractivity contribution in [1.29, 1.82) is 0 Å². The number of hydrogen-bond acceptors (Lipinski definition) is 1. The van der Waals surface area contributed by atoms with E-state index in [1.165, 1.54) is 19.3 Å². The third-order valence-corrected chi connectivity index (χ3v) is 2.85. The topological polar surface area (TPSA) is 29.1 Å².